The summed E-state index contributed by atoms with van der Waals surface area (Å²) in [5.74, 6) is 1.68. The third-order valence-electron chi connectivity index (χ3n) is 4.71. The molecule has 1 heterocycles. The van der Waals surface area contributed by atoms with Crippen molar-refractivity contribution in [3.63, 3.8) is 0 Å². The molecule has 20 heavy (non-hydrogen) atoms. The number of hydrogen-bond donors (Lipinski definition) is 1. The van der Waals surface area contributed by atoms with Crippen molar-refractivity contribution in [3.05, 3.63) is 29.8 Å². The molecule has 1 aromatic rings. The molecule has 2 fully saturated rings. The minimum absolute atomic E-state index is 0.127. The first-order chi connectivity index (χ1) is 9.75. The van der Waals surface area contributed by atoms with E-state index in [2.05, 4.69) is 22.0 Å². The minimum Gasteiger partial charge on any atom is -0.496 e. The molecule has 1 saturated carbocycles. The van der Waals surface area contributed by atoms with Crippen LogP contribution in [0.4, 0.5) is 0 Å². The number of para-hydroxylation sites is 1. The highest BCUT2D eigenvalue weighted by atomic mass is 16.5. The lowest BCUT2D eigenvalue weighted by Gasteiger charge is -2.42. The molecule has 3 rings (SSSR count). The maximum Gasteiger partial charge on any atom is 0.191 e. The molecule has 1 aliphatic heterocycles. The zero-order valence-corrected chi connectivity index (χ0v) is 12.1. The van der Waals surface area contributed by atoms with Crippen LogP contribution in [0.5, 0.6) is 5.75 Å². The van der Waals surface area contributed by atoms with Gasteiger partial charge in [0.1, 0.15) is 5.75 Å². The van der Waals surface area contributed by atoms with Gasteiger partial charge in [-0.1, -0.05) is 24.6 Å². The topological polar surface area (TPSA) is 50.9 Å². The van der Waals surface area contributed by atoms with E-state index in [1.807, 2.05) is 12.1 Å². The summed E-state index contributed by atoms with van der Waals surface area (Å²) in [5.41, 5.74) is 7.47. The van der Waals surface area contributed by atoms with Gasteiger partial charge in [-0.25, -0.2) is 0 Å². The molecule has 0 atom stereocenters. The van der Waals surface area contributed by atoms with Crippen molar-refractivity contribution in [1.29, 1.82) is 0 Å². The standard InChI is InChI=1S/C16H23N3O/c1-20-14-7-3-2-6-13(14)16(8-4-9-16)12-18-15(17)19-10-5-11-19/h2-3,6-7H,4-5,8-12H2,1H3,(H2,17,18). The van der Waals surface area contributed by atoms with Crippen LogP contribution in [0.3, 0.4) is 0 Å². The van der Waals surface area contributed by atoms with Crippen molar-refractivity contribution in [2.75, 3.05) is 26.7 Å². The number of nitrogens with two attached hydrogens (primary N) is 1. The monoisotopic (exact) mass is 273 g/mol. The Balaban J connectivity index is 1.80. The van der Waals surface area contributed by atoms with Crippen LogP contribution in [-0.2, 0) is 5.41 Å². The second-order valence-electron chi connectivity index (χ2n) is 5.85. The average molecular weight is 273 g/mol. The van der Waals surface area contributed by atoms with Gasteiger partial charge < -0.3 is 15.4 Å². The van der Waals surface area contributed by atoms with Gasteiger partial charge >= 0.3 is 0 Å². The van der Waals surface area contributed by atoms with Crippen molar-refractivity contribution < 1.29 is 4.74 Å². The van der Waals surface area contributed by atoms with Crippen LogP contribution >= 0.6 is 0 Å². The number of methoxy groups -OCH3 is 1. The van der Waals surface area contributed by atoms with Crippen LogP contribution in [0.25, 0.3) is 0 Å². The van der Waals surface area contributed by atoms with Gasteiger partial charge in [0.2, 0.25) is 0 Å². The third kappa shape index (κ3) is 2.23. The van der Waals surface area contributed by atoms with Gasteiger partial charge in [0.15, 0.2) is 5.96 Å². The van der Waals surface area contributed by atoms with Crippen LogP contribution < -0.4 is 10.5 Å². The number of guanidine groups is 1. The highest BCUT2D eigenvalue weighted by Gasteiger charge is 2.40. The third-order valence-corrected chi connectivity index (χ3v) is 4.71. The second kappa shape index (κ2) is 5.35. The van der Waals surface area contributed by atoms with Gasteiger partial charge in [-0.05, 0) is 25.3 Å². The first-order valence-corrected chi connectivity index (χ1v) is 7.43. The van der Waals surface area contributed by atoms with E-state index in [4.69, 9.17) is 10.5 Å². The summed E-state index contributed by atoms with van der Waals surface area (Å²) < 4.78 is 5.52. The summed E-state index contributed by atoms with van der Waals surface area (Å²) in [6.45, 7) is 2.88. The molecule has 4 heteroatoms. The number of nitrogens with zero attached hydrogens (tertiary/aromatic N) is 2. The highest BCUT2D eigenvalue weighted by molar-refractivity contribution is 5.78. The minimum atomic E-state index is 0.127. The number of aliphatic imine (C=N–C) groups is 1. The molecule has 0 radical (unpaired) electrons. The van der Waals surface area contributed by atoms with E-state index in [1.54, 1.807) is 7.11 Å². The smallest absolute Gasteiger partial charge is 0.191 e. The molecular weight excluding hydrogens is 250 g/mol. The zero-order valence-electron chi connectivity index (χ0n) is 12.1. The van der Waals surface area contributed by atoms with Gasteiger partial charge in [-0.3, -0.25) is 4.99 Å². The SMILES string of the molecule is COc1ccccc1C1(CN=C(N)N2CCC2)CCC1. The summed E-state index contributed by atoms with van der Waals surface area (Å²) in [6, 6.07) is 8.32. The molecule has 0 amide bonds. The van der Waals surface area contributed by atoms with Crippen molar-refractivity contribution in [1.82, 2.24) is 4.90 Å². The molecule has 0 spiro atoms. The molecule has 0 unspecified atom stereocenters. The van der Waals surface area contributed by atoms with E-state index in [0.29, 0.717) is 5.96 Å². The van der Waals surface area contributed by atoms with E-state index < -0.39 is 0 Å². The van der Waals surface area contributed by atoms with Gasteiger partial charge in [0.25, 0.3) is 0 Å². The second-order valence-corrected chi connectivity index (χ2v) is 5.85. The molecule has 4 nitrogen and oxygen atoms in total. The molecular formula is C16H23N3O. The first kappa shape index (κ1) is 13.3. The maximum atomic E-state index is 6.06. The van der Waals surface area contributed by atoms with Crippen LogP contribution in [-0.4, -0.2) is 37.6 Å². The Kier molecular flexibility index (Phi) is 3.55. The number of ether oxygens (including phenoxy) is 1. The first-order valence-electron chi connectivity index (χ1n) is 7.43. The van der Waals surface area contributed by atoms with E-state index in [9.17, 15) is 0 Å². The normalized spacial score (nSPS) is 21.1. The van der Waals surface area contributed by atoms with Gasteiger partial charge in [-0.2, -0.15) is 0 Å². The summed E-state index contributed by atoms with van der Waals surface area (Å²) in [7, 11) is 1.74. The lowest BCUT2D eigenvalue weighted by molar-refractivity contribution is 0.240. The molecule has 1 aliphatic carbocycles. The van der Waals surface area contributed by atoms with Crippen LogP contribution in [0, 0.1) is 0 Å². The van der Waals surface area contributed by atoms with Crippen LogP contribution in [0.1, 0.15) is 31.2 Å². The van der Waals surface area contributed by atoms with E-state index in [1.165, 1.54) is 31.2 Å². The van der Waals surface area contributed by atoms with Crippen molar-refractivity contribution in [3.8, 4) is 5.75 Å². The quantitative estimate of drug-likeness (QED) is 0.675. The van der Waals surface area contributed by atoms with Gasteiger partial charge in [0, 0.05) is 24.1 Å². The number of likely N-dealkylation sites (tertiary alicyclic amines) is 1. The van der Waals surface area contributed by atoms with Crippen LogP contribution in [0.2, 0.25) is 0 Å². The Labute approximate surface area is 120 Å². The molecule has 1 saturated heterocycles. The van der Waals surface area contributed by atoms with Crippen LogP contribution in [0.15, 0.2) is 29.3 Å². The van der Waals surface area contributed by atoms with Gasteiger partial charge in [-0.15, -0.1) is 0 Å². The fourth-order valence-electron chi connectivity index (χ4n) is 3.08. The van der Waals surface area contributed by atoms with Crippen molar-refractivity contribution in [2.24, 2.45) is 10.7 Å². The highest BCUT2D eigenvalue weighted by Crippen LogP contribution is 2.47. The average Bonchev–Trinajstić information content (AvgIpc) is 2.36. The number of hydrogen-bond acceptors (Lipinski definition) is 2. The molecule has 2 aliphatic rings. The largest absolute Gasteiger partial charge is 0.496 e. The van der Waals surface area contributed by atoms with E-state index in [-0.39, 0.29) is 5.41 Å². The zero-order chi connectivity index (χ0) is 14.0. The summed E-state index contributed by atoms with van der Waals surface area (Å²) in [4.78, 5) is 6.80. The predicted octanol–water partition coefficient (Wildman–Crippen LogP) is 2.14. The Morgan fingerprint density at radius 2 is 2.05 bits per heavy atom. The maximum absolute atomic E-state index is 6.06. The van der Waals surface area contributed by atoms with E-state index >= 15 is 0 Å². The molecule has 0 aromatic heterocycles. The summed E-state index contributed by atoms with van der Waals surface area (Å²) in [5, 5.41) is 0. The molecule has 1 aromatic carbocycles. The predicted molar refractivity (Wildman–Crippen MR) is 81.2 cm³/mol. The fourth-order valence-corrected chi connectivity index (χ4v) is 3.08. The van der Waals surface area contributed by atoms with E-state index in [0.717, 1.165) is 25.4 Å². The Hall–Kier alpha value is -1.71. The molecule has 108 valence electrons. The Morgan fingerprint density at radius 3 is 2.60 bits per heavy atom. The van der Waals surface area contributed by atoms with Gasteiger partial charge in [0.05, 0.1) is 13.7 Å². The fraction of sp³-hybridized carbons (Fsp3) is 0.562. The van der Waals surface area contributed by atoms with Crippen molar-refractivity contribution >= 4 is 5.96 Å². The lowest BCUT2D eigenvalue weighted by atomic mass is 9.64. The lowest BCUT2D eigenvalue weighted by Crippen LogP contribution is -2.47. The number of benzene rings is 1. The Bertz CT molecular complexity index is 504. The number of rotatable bonds is 4. The summed E-state index contributed by atoms with van der Waals surface area (Å²) in [6.07, 6.45) is 4.83. The van der Waals surface area contributed by atoms with Crippen molar-refractivity contribution in [2.45, 2.75) is 31.1 Å². The molecule has 2 N–H and O–H groups in total. The Morgan fingerprint density at radius 1 is 1.30 bits per heavy atom. The molecule has 0 bridgehead atoms. The summed E-state index contributed by atoms with van der Waals surface area (Å²) >= 11 is 0.